The Hall–Kier alpha value is -2.85. The fourth-order valence-corrected chi connectivity index (χ4v) is 4.03. The Morgan fingerprint density at radius 3 is 2.62 bits per heavy atom. The number of nitriles is 1. The van der Waals surface area contributed by atoms with Gasteiger partial charge in [0.15, 0.2) is 0 Å². The maximum absolute atomic E-state index is 12.4. The van der Waals surface area contributed by atoms with Gasteiger partial charge in [-0.2, -0.15) is 5.26 Å². The van der Waals surface area contributed by atoms with Crippen molar-refractivity contribution in [2.75, 3.05) is 5.32 Å². The third-order valence-electron chi connectivity index (χ3n) is 4.22. The van der Waals surface area contributed by atoms with Gasteiger partial charge in [-0.25, -0.2) is 9.78 Å². The van der Waals surface area contributed by atoms with Gasteiger partial charge >= 0.3 is 5.97 Å². The number of aromatic nitrogens is 1. The van der Waals surface area contributed by atoms with Crippen LogP contribution in [0.25, 0.3) is 0 Å². The molecular formula is C19H17N3O3S. The van der Waals surface area contributed by atoms with E-state index in [-0.39, 0.29) is 16.8 Å². The number of anilines is 1. The topological polar surface area (TPSA) is 103 Å². The van der Waals surface area contributed by atoms with E-state index in [1.165, 1.54) is 50.1 Å². The number of hydrogen-bond donors (Lipinski definition) is 2. The van der Waals surface area contributed by atoms with Crippen molar-refractivity contribution in [3.05, 3.63) is 53.2 Å². The van der Waals surface area contributed by atoms with Gasteiger partial charge in [-0.1, -0.05) is 12.8 Å². The summed E-state index contributed by atoms with van der Waals surface area (Å²) in [5.41, 5.74) is 0.585. The Balaban J connectivity index is 1.72. The quantitative estimate of drug-likeness (QED) is 0.830. The Morgan fingerprint density at radius 2 is 2.00 bits per heavy atom. The molecule has 1 aromatic heterocycles. The molecule has 0 atom stereocenters. The number of carboxylic acid groups (broad SMARTS) is 1. The number of amides is 1. The van der Waals surface area contributed by atoms with Gasteiger partial charge in [0.05, 0.1) is 33.5 Å². The van der Waals surface area contributed by atoms with Crippen LogP contribution in [0.15, 0.2) is 41.6 Å². The molecular weight excluding hydrogens is 350 g/mol. The summed E-state index contributed by atoms with van der Waals surface area (Å²) in [5, 5.41) is 22.2. The fourth-order valence-electron chi connectivity index (χ4n) is 2.86. The van der Waals surface area contributed by atoms with Crippen molar-refractivity contribution < 1.29 is 14.7 Å². The van der Waals surface area contributed by atoms with Crippen LogP contribution >= 0.6 is 11.8 Å². The zero-order chi connectivity index (χ0) is 18.5. The van der Waals surface area contributed by atoms with Crippen LogP contribution in [0.4, 0.5) is 5.69 Å². The Labute approximate surface area is 155 Å². The largest absolute Gasteiger partial charge is 0.478 e. The second-order valence-corrected chi connectivity index (χ2v) is 7.36. The van der Waals surface area contributed by atoms with Crippen LogP contribution in [-0.4, -0.2) is 27.2 Å². The molecule has 26 heavy (non-hydrogen) atoms. The summed E-state index contributed by atoms with van der Waals surface area (Å²) >= 11 is 1.73. The standard InChI is InChI=1S/C19H17N3O3S/c20-10-12-5-7-16(15(9-12)19(24)25)22-18(23)13-6-8-17(21-11-13)26-14-3-1-2-4-14/h5-9,11,14H,1-4H2,(H,22,23)(H,24,25). The van der Waals surface area contributed by atoms with Crippen LogP contribution in [-0.2, 0) is 0 Å². The zero-order valence-electron chi connectivity index (χ0n) is 13.9. The van der Waals surface area contributed by atoms with Crippen LogP contribution in [0, 0.1) is 11.3 Å². The zero-order valence-corrected chi connectivity index (χ0v) is 14.8. The van der Waals surface area contributed by atoms with E-state index in [0.717, 1.165) is 5.03 Å². The molecule has 7 heteroatoms. The summed E-state index contributed by atoms with van der Waals surface area (Å²) in [7, 11) is 0. The first-order valence-corrected chi connectivity index (χ1v) is 9.16. The van der Waals surface area contributed by atoms with E-state index in [1.54, 1.807) is 17.8 Å². The number of rotatable bonds is 5. The van der Waals surface area contributed by atoms with Gasteiger partial charge in [-0.15, -0.1) is 11.8 Å². The Bertz CT molecular complexity index is 869. The minimum Gasteiger partial charge on any atom is -0.478 e. The molecule has 1 aliphatic carbocycles. The van der Waals surface area contributed by atoms with E-state index in [9.17, 15) is 14.7 Å². The van der Waals surface area contributed by atoms with Crippen LogP contribution in [0.1, 0.15) is 52.0 Å². The average Bonchev–Trinajstić information content (AvgIpc) is 3.15. The van der Waals surface area contributed by atoms with Crippen LogP contribution in [0.2, 0.25) is 0 Å². The molecule has 1 aromatic carbocycles. The van der Waals surface area contributed by atoms with Crippen LogP contribution < -0.4 is 5.32 Å². The summed E-state index contributed by atoms with van der Waals surface area (Å²) in [6.07, 6.45) is 6.41. The van der Waals surface area contributed by atoms with Gasteiger partial charge in [-0.05, 0) is 43.2 Å². The molecule has 0 unspecified atom stereocenters. The highest BCUT2D eigenvalue weighted by molar-refractivity contribution is 7.99. The fraction of sp³-hybridized carbons (Fsp3) is 0.263. The highest BCUT2D eigenvalue weighted by atomic mass is 32.2. The molecule has 1 fully saturated rings. The first-order valence-electron chi connectivity index (χ1n) is 8.28. The molecule has 1 amide bonds. The minimum absolute atomic E-state index is 0.126. The second-order valence-electron chi connectivity index (χ2n) is 6.04. The van der Waals surface area contributed by atoms with E-state index < -0.39 is 11.9 Å². The molecule has 132 valence electrons. The Kier molecular flexibility index (Phi) is 5.54. The molecule has 0 spiro atoms. The summed E-state index contributed by atoms with van der Waals surface area (Å²) in [6, 6.07) is 9.49. The number of nitrogens with zero attached hydrogens (tertiary/aromatic N) is 2. The lowest BCUT2D eigenvalue weighted by molar-refractivity contribution is 0.0698. The van der Waals surface area contributed by atoms with Gasteiger partial charge in [0, 0.05) is 11.4 Å². The monoisotopic (exact) mass is 367 g/mol. The summed E-state index contributed by atoms with van der Waals surface area (Å²) in [4.78, 5) is 28.1. The van der Waals surface area contributed by atoms with E-state index >= 15 is 0 Å². The number of aromatic carboxylic acids is 1. The van der Waals surface area contributed by atoms with Crippen molar-refractivity contribution in [2.45, 2.75) is 36.0 Å². The van der Waals surface area contributed by atoms with E-state index in [0.29, 0.717) is 10.8 Å². The molecule has 3 rings (SSSR count). The number of carbonyl (C=O) groups is 2. The summed E-state index contributed by atoms with van der Waals surface area (Å²) in [5.74, 6) is -1.65. The maximum atomic E-state index is 12.4. The summed E-state index contributed by atoms with van der Waals surface area (Å²) in [6.45, 7) is 0. The van der Waals surface area contributed by atoms with Crippen molar-refractivity contribution in [3.63, 3.8) is 0 Å². The SMILES string of the molecule is N#Cc1ccc(NC(=O)c2ccc(SC3CCCC3)nc2)c(C(=O)O)c1. The van der Waals surface area contributed by atoms with E-state index in [4.69, 9.17) is 5.26 Å². The molecule has 1 aliphatic rings. The Morgan fingerprint density at radius 1 is 1.23 bits per heavy atom. The number of carbonyl (C=O) groups excluding carboxylic acids is 1. The third kappa shape index (κ3) is 4.21. The van der Waals surface area contributed by atoms with E-state index in [2.05, 4.69) is 10.3 Å². The number of pyridine rings is 1. The van der Waals surface area contributed by atoms with Crippen LogP contribution in [0.3, 0.4) is 0 Å². The average molecular weight is 367 g/mol. The third-order valence-corrected chi connectivity index (χ3v) is 5.50. The molecule has 0 radical (unpaired) electrons. The van der Waals surface area contributed by atoms with Gasteiger partial charge in [0.1, 0.15) is 0 Å². The number of hydrogen-bond acceptors (Lipinski definition) is 5. The second kappa shape index (κ2) is 8.02. The lowest BCUT2D eigenvalue weighted by Crippen LogP contribution is -2.15. The van der Waals surface area contributed by atoms with E-state index in [1.807, 2.05) is 12.1 Å². The molecule has 0 saturated heterocycles. The lowest BCUT2D eigenvalue weighted by atomic mass is 10.1. The molecule has 2 aromatic rings. The highest BCUT2D eigenvalue weighted by Crippen LogP contribution is 2.33. The first kappa shape index (κ1) is 18.0. The summed E-state index contributed by atoms with van der Waals surface area (Å²) < 4.78 is 0. The van der Waals surface area contributed by atoms with Crippen molar-refractivity contribution >= 4 is 29.3 Å². The predicted octanol–water partition coefficient (Wildman–Crippen LogP) is 3.94. The number of carboxylic acids is 1. The molecule has 1 heterocycles. The smallest absolute Gasteiger partial charge is 0.337 e. The van der Waals surface area contributed by atoms with Crippen molar-refractivity contribution in [1.82, 2.24) is 4.98 Å². The molecule has 1 saturated carbocycles. The number of thioether (sulfide) groups is 1. The van der Waals surface area contributed by atoms with Gasteiger partial charge in [0.2, 0.25) is 0 Å². The van der Waals surface area contributed by atoms with Crippen LogP contribution in [0.5, 0.6) is 0 Å². The number of benzene rings is 1. The maximum Gasteiger partial charge on any atom is 0.337 e. The van der Waals surface area contributed by atoms with Crippen molar-refractivity contribution in [2.24, 2.45) is 0 Å². The molecule has 6 nitrogen and oxygen atoms in total. The molecule has 0 bridgehead atoms. The van der Waals surface area contributed by atoms with Gasteiger partial charge in [0.25, 0.3) is 5.91 Å². The minimum atomic E-state index is -1.21. The van der Waals surface area contributed by atoms with Gasteiger partial charge in [-0.3, -0.25) is 4.79 Å². The molecule has 0 aliphatic heterocycles. The van der Waals surface area contributed by atoms with Crippen molar-refractivity contribution in [3.8, 4) is 6.07 Å². The lowest BCUT2D eigenvalue weighted by Gasteiger charge is -2.10. The molecule has 2 N–H and O–H groups in total. The first-order chi connectivity index (χ1) is 12.6. The highest BCUT2D eigenvalue weighted by Gasteiger charge is 2.18. The van der Waals surface area contributed by atoms with Crippen molar-refractivity contribution in [1.29, 1.82) is 5.26 Å². The predicted molar refractivity (Wildman–Crippen MR) is 98.4 cm³/mol. The number of nitrogens with one attached hydrogen (secondary N) is 1. The normalized spacial score (nSPS) is 14.0. The van der Waals surface area contributed by atoms with Gasteiger partial charge < -0.3 is 10.4 Å².